The van der Waals surface area contributed by atoms with Gasteiger partial charge in [-0.05, 0) is 67.9 Å². The Labute approximate surface area is 196 Å². The maximum Gasteiger partial charge on any atom is 0.398 e. The van der Waals surface area contributed by atoms with Gasteiger partial charge in [0.25, 0.3) is 0 Å². The van der Waals surface area contributed by atoms with Crippen LogP contribution in [0.3, 0.4) is 0 Å². The monoisotopic (exact) mass is 492 g/mol. The lowest BCUT2D eigenvalue weighted by atomic mass is 10.2. The Kier molecular flexibility index (Phi) is 16.9. The van der Waals surface area contributed by atoms with Crippen LogP contribution >= 0.6 is 0 Å². The zero-order valence-electron chi connectivity index (χ0n) is 17.8. The number of rotatable bonds is 12. The van der Waals surface area contributed by atoms with Gasteiger partial charge in [-0.1, -0.05) is 41.8 Å². The van der Waals surface area contributed by atoms with E-state index in [1.165, 1.54) is 0 Å². The first kappa shape index (κ1) is 30.0. The lowest BCUT2D eigenvalue weighted by Crippen LogP contribution is -2.23. The van der Waals surface area contributed by atoms with Crippen LogP contribution in [0.4, 0.5) is 0 Å². The van der Waals surface area contributed by atoms with Gasteiger partial charge in [0.2, 0.25) is 0 Å². The molecule has 10 heteroatoms. The molecule has 0 unspecified atom stereocenters. The average molecular weight is 493 g/mol. The Bertz CT molecular complexity index is 1160. The molecular formula is C23H24O8S2. The molecule has 0 amide bonds. The van der Waals surface area contributed by atoms with Crippen LogP contribution in [0.1, 0.15) is 44.9 Å². The summed E-state index contributed by atoms with van der Waals surface area (Å²) in [7, 11) is -9.74. The molecule has 0 rings (SSSR count). The Morgan fingerprint density at radius 1 is 0.818 bits per heavy atom. The second-order valence-electron chi connectivity index (χ2n) is 5.98. The summed E-state index contributed by atoms with van der Waals surface area (Å²) in [5, 5.41) is 0. The molecule has 1 atom stereocenters. The van der Waals surface area contributed by atoms with Crippen molar-refractivity contribution in [1.29, 1.82) is 0 Å². The van der Waals surface area contributed by atoms with Gasteiger partial charge in [0.15, 0.2) is 6.10 Å². The molecule has 0 aliphatic carbocycles. The summed E-state index contributed by atoms with van der Waals surface area (Å²) in [6.45, 7) is -0.954. The molecule has 0 heterocycles. The van der Waals surface area contributed by atoms with E-state index in [0.717, 1.165) is 25.7 Å². The van der Waals surface area contributed by atoms with Crippen LogP contribution in [-0.4, -0.2) is 38.7 Å². The minimum Gasteiger partial charge on any atom is -0.264 e. The van der Waals surface area contributed by atoms with Gasteiger partial charge in [0, 0.05) is 12.8 Å². The predicted molar refractivity (Wildman–Crippen MR) is 124 cm³/mol. The van der Waals surface area contributed by atoms with E-state index < -0.39 is 33.5 Å². The molecule has 33 heavy (non-hydrogen) atoms. The summed E-state index contributed by atoms with van der Waals surface area (Å²) >= 11 is 0. The maximum atomic E-state index is 10.7. The van der Waals surface area contributed by atoms with Gasteiger partial charge in [0.1, 0.15) is 6.61 Å². The van der Waals surface area contributed by atoms with Crippen molar-refractivity contribution in [2.24, 2.45) is 0 Å². The van der Waals surface area contributed by atoms with E-state index in [9.17, 15) is 16.8 Å². The lowest BCUT2D eigenvalue weighted by molar-refractivity contribution is 0.151. The first-order valence-corrected chi connectivity index (χ1v) is 12.4. The highest BCUT2D eigenvalue weighted by Gasteiger charge is 2.18. The van der Waals surface area contributed by atoms with E-state index in [0.29, 0.717) is 19.3 Å². The number of hydrogen-bond donors (Lipinski definition) is 2. The minimum absolute atomic E-state index is 0.457. The molecule has 0 aliphatic heterocycles. The second kappa shape index (κ2) is 18.6. The van der Waals surface area contributed by atoms with Gasteiger partial charge in [-0.2, -0.15) is 16.8 Å². The number of hydrogen-bond acceptors (Lipinski definition) is 6. The molecule has 0 bridgehead atoms. The van der Waals surface area contributed by atoms with Crippen LogP contribution < -0.4 is 0 Å². The zero-order chi connectivity index (χ0) is 24.8. The average Bonchev–Trinajstić information content (AvgIpc) is 2.72. The number of terminal acetylenes is 1. The highest BCUT2D eigenvalue weighted by atomic mass is 32.3. The Hall–Kier alpha value is -2.98. The van der Waals surface area contributed by atoms with Gasteiger partial charge >= 0.3 is 20.8 Å². The van der Waals surface area contributed by atoms with E-state index in [-0.39, 0.29) is 0 Å². The van der Waals surface area contributed by atoms with Crippen molar-refractivity contribution < 1.29 is 34.3 Å². The van der Waals surface area contributed by atoms with Crippen molar-refractivity contribution in [3.8, 4) is 59.7 Å². The molecule has 0 aromatic carbocycles. The summed E-state index contributed by atoms with van der Waals surface area (Å²) < 4.78 is 67.6. The van der Waals surface area contributed by atoms with E-state index in [4.69, 9.17) is 15.5 Å². The molecule has 0 aromatic heterocycles. The van der Waals surface area contributed by atoms with Crippen LogP contribution in [0.5, 0.6) is 0 Å². The molecule has 0 radical (unpaired) electrons. The maximum absolute atomic E-state index is 10.7. The zero-order valence-corrected chi connectivity index (χ0v) is 19.4. The quantitative estimate of drug-likeness (QED) is 0.242. The van der Waals surface area contributed by atoms with E-state index >= 15 is 0 Å². The van der Waals surface area contributed by atoms with Crippen LogP contribution in [-0.2, 0) is 29.2 Å². The third-order valence-electron chi connectivity index (χ3n) is 3.22. The van der Waals surface area contributed by atoms with E-state index in [1.54, 1.807) is 12.2 Å². The highest BCUT2D eigenvalue weighted by molar-refractivity contribution is 7.81. The fraction of sp³-hybridized carbons (Fsp3) is 0.391. The smallest absolute Gasteiger partial charge is 0.264 e. The topological polar surface area (TPSA) is 127 Å². The van der Waals surface area contributed by atoms with Gasteiger partial charge in [-0.15, -0.1) is 6.42 Å². The molecule has 2 N–H and O–H groups in total. The fourth-order valence-corrected chi connectivity index (χ4v) is 2.57. The van der Waals surface area contributed by atoms with Crippen molar-refractivity contribution in [3.05, 3.63) is 24.3 Å². The second-order valence-corrected chi connectivity index (χ2v) is 8.12. The molecule has 0 saturated heterocycles. The molecule has 176 valence electrons. The van der Waals surface area contributed by atoms with Crippen LogP contribution in [0, 0.1) is 59.7 Å². The predicted octanol–water partition coefficient (Wildman–Crippen LogP) is 2.48. The molecule has 0 saturated carbocycles. The Balaban J connectivity index is 4.22. The third kappa shape index (κ3) is 25.2. The van der Waals surface area contributed by atoms with Crippen molar-refractivity contribution in [1.82, 2.24) is 0 Å². The van der Waals surface area contributed by atoms with Crippen molar-refractivity contribution in [2.45, 2.75) is 51.0 Å². The molecule has 0 aromatic rings. The van der Waals surface area contributed by atoms with Crippen molar-refractivity contribution in [2.75, 3.05) is 6.61 Å². The first-order chi connectivity index (χ1) is 15.6. The minimum atomic E-state index is -4.91. The summed E-state index contributed by atoms with van der Waals surface area (Å²) in [5.41, 5.74) is 0. The summed E-state index contributed by atoms with van der Waals surface area (Å²) in [4.78, 5) is 0. The van der Waals surface area contributed by atoms with Gasteiger partial charge < -0.3 is 0 Å². The molecule has 0 spiro atoms. The first-order valence-electron chi connectivity index (χ1n) is 9.64. The lowest BCUT2D eigenvalue weighted by Gasteiger charge is -2.07. The summed E-state index contributed by atoms with van der Waals surface area (Å²) in [6.07, 6.45) is 16.6. The SMILES string of the molecule is C#CC=CCCCCC=CC#CC#CCCCC#CC#C[C@H](COS(=O)(=O)O)OS(=O)(=O)O. The van der Waals surface area contributed by atoms with Crippen molar-refractivity contribution >= 4 is 20.8 Å². The van der Waals surface area contributed by atoms with Gasteiger partial charge in [-0.3, -0.25) is 9.11 Å². The highest BCUT2D eigenvalue weighted by Crippen LogP contribution is 2.01. The molecule has 0 fully saturated rings. The number of unbranched alkanes of at least 4 members (excludes halogenated alkanes) is 5. The fourth-order valence-electron chi connectivity index (χ4n) is 1.88. The van der Waals surface area contributed by atoms with Crippen LogP contribution in [0.2, 0.25) is 0 Å². The summed E-state index contributed by atoms with van der Waals surface area (Å²) in [6, 6.07) is 0. The van der Waals surface area contributed by atoms with E-state index in [2.05, 4.69) is 61.7 Å². The Morgan fingerprint density at radius 3 is 2.00 bits per heavy atom. The third-order valence-corrected chi connectivity index (χ3v) is 4.13. The van der Waals surface area contributed by atoms with Crippen LogP contribution in [0.15, 0.2) is 24.3 Å². The summed E-state index contributed by atoms with van der Waals surface area (Å²) in [5.74, 6) is 23.1. The Morgan fingerprint density at radius 2 is 1.42 bits per heavy atom. The number of allylic oxidation sites excluding steroid dienone is 4. The van der Waals surface area contributed by atoms with E-state index in [1.807, 2.05) is 12.2 Å². The van der Waals surface area contributed by atoms with Gasteiger partial charge in [0.05, 0.1) is 0 Å². The normalized spacial score (nSPS) is 11.7. The molecular weight excluding hydrogens is 468 g/mol. The largest absolute Gasteiger partial charge is 0.398 e. The van der Waals surface area contributed by atoms with Crippen LogP contribution in [0.25, 0.3) is 0 Å². The standard InChI is InChI=1S/C23H24O8S2/c1-2-3-4-5-6-7-8-9-10-11-12-13-14-15-16-17-18-19-20-21-23(31-33(27,28)29)22-30-32(24,25)26/h1,3-4,9-10,23H,5-8,15-17,22H2,(H,24,25,26)(H,27,28,29)/t23-/m1/s1. The van der Waals surface area contributed by atoms with Gasteiger partial charge in [-0.25, -0.2) is 8.37 Å². The van der Waals surface area contributed by atoms with Crippen molar-refractivity contribution in [3.63, 3.8) is 0 Å². The molecule has 8 nitrogen and oxygen atoms in total. The molecule has 0 aliphatic rings.